The molecule has 0 saturated carbocycles. The number of hydrogen-bond acceptors (Lipinski definition) is 6. The number of rotatable bonds is 6. The number of nitrogens with one attached hydrogen (secondary N) is 1. The maximum absolute atomic E-state index is 11.6. The molecule has 35 heavy (non-hydrogen) atoms. The zero-order valence-electron chi connectivity index (χ0n) is 19.9. The Bertz CT molecular complexity index is 1290. The fraction of sp³-hybridized carbons (Fsp3) is 0.370. The maximum atomic E-state index is 11.6. The standard InChI is InChI=1S/C27H29N5O3/c1-19(33)32-8-6-23(18-32)35-26-5-4-21(14-22(26)15-28)25-17-30-27-24(25)13-20(16-29-27)3-2-7-31-9-11-34-12-10-31/h2-5,13-14,16-17,23H,6-12,18H2,1H3,(H,29,30)/b3-2+/t23-/m1/s1. The van der Waals surface area contributed by atoms with Crippen LogP contribution in [0.15, 0.2) is 42.7 Å². The zero-order valence-corrected chi connectivity index (χ0v) is 19.9. The van der Waals surface area contributed by atoms with Crippen LogP contribution in [0.1, 0.15) is 24.5 Å². The Balaban J connectivity index is 1.34. The molecule has 0 radical (unpaired) electrons. The lowest BCUT2D eigenvalue weighted by atomic mass is 10.0. The van der Waals surface area contributed by atoms with Crippen LogP contribution < -0.4 is 4.74 Å². The Morgan fingerprint density at radius 2 is 2.17 bits per heavy atom. The third-order valence-corrected chi connectivity index (χ3v) is 6.62. The fourth-order valence-electron chi connectivity index (χ4n) is 4.65. The largest absolute Gasteiger partial charge is 0.487 e. The van der Waals surface area contributed by atoms with Gasteiger partial charge in [-0.1, -0.05) is 18.2 Å². The van der Waals surface area contributed by atoms with Crippen LogP contribution in [0.25, 0.3) is 28.2 Å². The van der Waals surface area contributed by atoms with E-state index >= 15 is 0 Å². The number of H-pyrrole nitrogens is 1. The van der Waals surface area contributed by atoms with E-state index in [4.69, 9.17) is 9.47 Å². The van der Waals surface area contributed by atoms with Crippen molar-refractivity contribution >= 4 is 23.0 Å². The van der Waals surface area contributed by atoms with E-state index < -0.39 is 0 Å². The van der Waals surface area contributed by atoms with E-state index in [1.807, 2.05) is 30.6 Å². The van der Waals surface area contributed by atoms with Crippen molar-refractivity contribution in [1.82, 2.24) is 19.8 Å². The van der Waals surface area contributed by atoms with E-state index in [9.17, 15) is 10.1 Å². The maximum Gasteiger partial charge on any atom is 0.219 e. The molecule has 3 aromatic rings. The molecule has 0 unspecified atom stereocenters. The number of morpholine rings is 1. The van der Waals surface area contributed by atoms with Gasteiger partial charge in [0.25, 0.3) is 0 Å². The van der Waals surface area contributed by atoms with Gasteiger partial charge in [0.15, 0.2) is 0 Å². The Morgan fingerprint density at radius 3 is 2.94 bits per heavy atom. The number of amides is 1. The van der Waals surface area contributed by atoms with Crippen LogP contribution >= 0.6 is 0 Å². The average Bonchev–Trinajstić information content (AvgIpc) is 3.52. The Labute approximate surface area is 204 Å². The van der Waals surface area contributed by atoms with Gasteiger partial charge in [0, 0.05) is 62.9 Å². The minimum atomic E-state index is -0.0963. The van der Waals surface area contributed by atoms with Crippen LogP contribution in [0, 0.1) is 11.3 Å². The lowest BCUT2D eigenvalue weighted by molar-refractivity contribution is -0.128. The zero-order chi connectivity index (χ0) is 24.2. The van der Waals surface area contributed by atoms with Gasteiger partial charge in [-0.05, 0) is 29.3 Å². The second-order valence-corrected chi connectivity index (χ2v) is 9.00. The molecule has 2 fully saturated rings. The number of hydrogen-bond donors (Lipinski definition) is 1. The number of likely N-dealkylation sites (tertiary alicyclic amines) is 1. The third kappa shape index (κ3) is 5.21. The normalized spacial score (nSPS) is 18.9. The molecule has 2 aromatic heterocycles. The van der Waals surface area contributed by atoms with Crippen molar-refractivity contribution in [1.29, 1.82) is 5.26 Å². The Hall–Kier alpha value is -3.67. The van der Waals surface area contributed by atoms with E-state index in [2.05, 4.69) is 39.2 Å². The predicted octanol–water partition coefficient (Wildman–Crippen LogP) is 3.45. The number of fused-ring (bicyclic) bond motifs is 1. The summed E-state index contributed by atoms with van der Waals surface area (Å²) >= 11 is 0. The van der Waals surface area contributed by atoms with Crippen LogP contribution in [-0.2, 0) is 9.53 Å². The van der Waals surface area contributed by atoms with Gasteiger partial charge in [0.1, 0.15) is 23.6 Å². The number of nitrogens with zero attached hydrogens (tertiary/aromatic N) is 4. The summed E-state index contributed by atoms with van der Waals surface area (Å²) in [6.45, 7) is 7.20. The molecule has 1 atom stereocenters. The summed E-state index contributed by atoms with van der Waals surface area (Å²) in [4.78, 5) is 23.6. The summed E-state index contributed by atoms with van der Waals surface area (Å²) in [6, 6.07) is 10.1. The molecule has 0 spiro atoms. The molecule has 2 aliphatic heterocycles. The summed E-state index contributed by atoms with van der Waals surface area (Å²) in [5.41, 5.74) is 4.23. The quantitative estimate of drug-likeness (QED) is 0.592. The fourth-order valence-corrected chi connectivity index (χ4v) is 4.65. The van der Waals surface area contributed by atoms with Gasteiger partial charge < -0.3 is 19.4 Å². The van der Waals surface area contributed by atoms with Crippen molar-refractivity contribution in [2.24, 2.45) is 0 Å². The van der Waals surface area contributed by atoms with Crippen LogP contribution in [0.2, 0.25) is 0 Å². The first-order valence-electron chi connectivity index (χ1n) is 12.0. The van der Waals surface area contributed by atoms with Crippen molar-refractivity contribution in [3.63, 3.8) is 0 Å². The van der Waals surface area contributed by atoms with E-state index in [0.717, 1.165) is 67.0 Å². The van der Waals surface area contributed by atoms with Crippen LogP contribution in [-0.4, -0.2) is 77.7 Å². The smallest absolute Gasteiger partial charge is 0.219 e. The summed E-state index contributed by atoms with van der Waals surface area (Å²) < 4.78 is 11.5. The van der Waals surface area contributed by atoms with Crippen LogP contribution in [0.5, 0.6) is 5.75 Å². The molecule has 8 heteroatoms. The first kappa shape index (κ1) is 23.1. The third-order valence-electron chi connectivity index (χ3n) is 6.62. The number of aromatic amines is 1. The molecule has 0 aliphatic carbocycles. The molecule has 4 heterocycles. The highest BCUT2D eigenvalue weighted by atomic mass is 16.5. The van der Waals surface area contributed by atoms with Gasteiger partial charge >= 0.3 is 0 Å². The van der Waals surface area contributed by atoms with Gasteiger partial charge in [-0.3, -0.25) is 9.69 Å². The minimum Gasteiger partial charge on any atom is -0.487 e. The highest BCUT2D eigenvalue weighted by Crippen LogP contribution is 2.32. The summed E-state index contributed by atoms with van der Waals surface area (Å²) in [6.07, 6.45) is 8.72. The van der Waals surface area contributed by atoms with Gasteiger partial charge in [0.2, 0.25) is 5.91 Å². The highest BCUT2D eigenvalue weighted by Gasteiger charge is 2.26. The second-order valence-electron chi connectivity index (χ2n) is 9.00. The SMILES string of the molecule is CC(=O)N1CC[C@@H](Oc2ccc(-c3c[nH]c4ncc(/C=C/CN5CCOCC5)cc34)cc2C#N)C1. The van der Waals surface area contributed by atoms with Crippen LogP contribution in [0.3, 0.4) is 0 Å². The number of pyridine rings is 1. The monoisotopic (exact) mass is 471 g/mol. The van der Waals surface area contributed by atoms with Crippen molar-refractivity contribution in [2.75, 3.05) is 45.9 Å². The van der Waals surface area contributed by atoms with Gasteiger partial charge in [-0.15, -0.1) is 0 Å². The van der Waals surface area contributed by atoms with Crippen LogP contribution in [0.4, 0.5) is 0 Å². The van der Waals surface area contributed by atoms with Crippen molar-refractivity contribution < 1.29 is 14.3 Å². The Morgan fingerprint density at radius 1 is 1.31 bits per heavy atom. The van der Waals surface area contributed by atoms with Gasteiger partial charge in [-0.2, -0.15) is 5.26 Å². The van der Waals surface area contributed by atoms with Crippen molar-refractivity contribution in [3.8, 4) is 22.9 Å². The molecule has 2 aliphatic rings. The van der Waals surface area contributed by atoms with Gasteiger partial charge in [0.05, 0.1) is 25.3 Å². The number of aromatic nitrogens is 2. The molecule has 1 amide bonds. The minimum absolute atomic E-state index is 0.0511. The van der Waals surface area contributed by atoms with Crippen molar-refractivity contribution in [2.45, 2.75) is 19.4 Å². The molecule has 5 rings (SSSR count). The first-order chi connectivity index (χ1) is 17.1. The van der Waals surface area contributed by atoms with E-state index in [1.54, 1.807) is 11.8 Å². The highest BCUT2D eigenvalue weighted by molar-refractivity contribution is 5.95. The number of carbonyl (C=O) groups excluding carboxylic acids is 1. The van der Waals surface area contributed by atoms with Crippen molar-refractivity contribution in [3.05, 3.63) is 53.9 Å². The topological polar surface area (TPSA) is 94.5 Å². The number of nitriles is 1. The average molecular weight is 472 g/mol. The predicted molar refractivity (Wildman–Crippen MR) is 134 cm³/mol. The molecule has 180 valence electrons. The Kier molecular flexibility index (Phi) is 6.80. The van der Waals surface area contributed by atoms with Gasteiger partial charge in [-0.25, -0.2) is 4.98 Å². The molecule has 1 N–H and O–H groups in total. The number of benzene rings is 1. The molecule has 2 saturated heterocycles. The lowest BCUT2D eigenvalue weighted by Crippen LogP contribution is -2.36. The van der Waals surface area contributed by atoms with E-state index in [-0.39, 0.29) is 12.0 Å². The van der Waals surface area contributed by atoms with E-state index in [0.29, 0.717) is 24.4 Å². The number of carbonyl (C=O) groups is 1. The molecular weight excluding hydrogens is 442 g/mol. The summed E-state index contributed by atoms with van der Waals surface area (Å²) in [5.74, 6) is 0.603. The molecule has 1 aromatic carbocycles. The first-order valence-corrected chi connectivity index (χ1v) is 12.0. The summed E-state index contributed by atoms with van der Waals surface area (Å²) in [5, 5.41) is 10.8. The number of ether oxygens (including phenoxy) is 2. The molecule has 0 bridgehead atoms. The molecular formula is C27H29N5O3. The van der Waals surface area contributed by atoms with E-state index in [1.165, 1.54) is 0 Å². The summed E-state index contributed by atoms with van der Waals surface area (Å²) in [7, 11) is 0. The lowest BCUT2D eigenvalue weighted by Gasteiger charge is -2.25. The second kappa shape index (κ2) is 10.3. The molecule has 8 nitrogen and oxygen atoms in total.